The van der Waals surface area contributed by atoms with Gasteiger partial charge in [0, 0.05) is 19.7 Å². The molecule has 4 nitrogen and oxygen atoms in total. The van der Waals surface area contributed by atoms with Crippen LogP contribution < -0.4 is 0 Å². The molecule has 0 spiro atoms. The fourth-order valence-electron chi connectivity index (χ4n) is 2.28. The molecule has 0 aliphatic carbocycles. The molecule has 1 saturated heterocycles. The van der Waals surface area contributed by atoms with Crippen LogP contribution in [-0.2, 0) is 9.53 Å². The van der Waals surface area contributed by atoms with Gasteiger partial charge in [0.15, 0.2) is 0 Å². The van der Waals surface area contributed by atoms with Crippen LogP contribution in [-0.4, -0.2) is 48.3 Å². The number of carbonyl (C=O) groups excluding carboxylic acids is 1. The number of hydrogen-bond donors (Lipinski definition) is 1. The Labute approximate surface area is 110 Å². The summed E-state index contributed by atoms with van der Waals surface area (Å²) in [5, 5.41) is 9.45. The highest BCUT2D eigenvalue weighted by Crippen LogP contribution is 2.34. The Morgan fingerprint density at radius 2 is 2.00 bits per heavy atom. The van der Waals surface area contributed by atoms with Crippen molar-refractivity contribution in [3.63, 3.8) is 0 Å². The van der Waals surface area contributed by atoms with Gasteiger partial charge in [0.2, 0.25) is 5.91 Å². The summed E-state index contributed by atoms with van der Waals surface area (Å²) in [5.41, 5.74) is 0.0361. The number of ether oxygens (including phenoxy) is 1. The van der Waals surface area contributed by atoms with E-state index in [2.05, 4.69) is 6.92 Å². The van der Waals surface area contributed by atoms with Crippen molar-refractivity contribution < 1.29 is 14.6 Å². The normalized spacial score (nSPS) is 20.8. The summed E-state index contributed by atoms with van der Waals surface area (Å²) in [6.07, 6.45) is 3.85. The van der Waals surface area contributed by atoms with Crippen molar-refractivity contribution in [1.29, 1.82) is 0 Å². The highest BCUT2D eigenvalue weighted by atomic mass is 16.5. The lowest BCUT2D eigenvalue weighted by atomic mass is 9.77. The van der Waals surface area contributed by atoms with E-state index in [1.165, 1.54) is 0 Å². The van der Waals surface area contributed by atoms with Crippen LogP contribution >= 0.6 is 0 Å². The van der Waals surface area contributed by atoms with E-state index < -0.39 is 0 Å². The van der Waals surface area contributed by atoms with Gasteiger partial charge in [-0.1, -0.05) is 13.8 Å². The Bertz CT molecular complexity index is 254. The highest BCUT2D eigenvalue weighted by Gasteiger charge is 2.33. The molecule has 1 fully saturated rings. The molecule has 1 amide bonds. The van der Waals surface area contributed by atoms with E-state index >= 15 is 0 Å². The standard InChI is InChI=1S/C14H27NO3/c1-4-12(3)18-10-13(17)15-8-6-14(5-2,11-16)7-9-15/h12,16H,4-11H2,1-3H3. The van der Waals surface area contributed by atoms with Gasteiger partial charge in [0.05, 0.1) is 6.10 Å². The highest BCUT2D eigenvalue weighted by molar-refractivity contribution is 5.77. The molecule has 106 valence electrons. The summed E-state index contributed by atoms with van der Waals surface area (Å²) < 4.78 is 5.47. The van der Waals surface area contributed by atoms with Crippen molar-refractivity contribution in [3.8, 4) is 0 Å². The second-order valence-electron chi connectivity index (χ2n) is 5.42. The summed E-state index contributed by atoms with van der Waals surface area (Å²) in [5.74, 6) is 0.0814. The van der Waals surface area contributed by atoms with E-state index in [-0.39, 0.29) is 30.6 Å². The van der Waals surface area contributed by atoms with Gasteiger partial charge in [-0.3, -0.25) is 4.79 Å². The number of likely N-dealkylation sites (tertiary alicyclic amines) is 1. The molecule has 4 heteroatoms. The lowest BCUT2D eigenvalue weighted by Crippen LogP contribution is -2.45. The minimum Gasteiger partial charge on any atom is -0.396 e. The average molecular weight is 257 g/mol. The molecule has 0 aromatic heterocycles. The van der Waals surface area contributed by atoms with Crippen molar-refractivity contribution in [1.82, 2.24) is 4.90 Å². The average Bonchev–Trinajstić information content (AvgIpc) is 2.44. The SMILES string of the molecule is CCC(C)OCC(=O)N1CCC(CC)(CO)CC1. The molecule has 1 aliphatic heterocycles. The molecule has 1 aliphatic rings. The number of aliphatic hydroxyl groups is 1. The van der Waals surface area contributed by atoms with Crippen molar-refractivity contribution in [2.75, 3.05) is 26.3 Å². The second-order valence-corrected chi connectivity index (χ2v) is 5.42. The van der Waals surface area contributed by atoms with Crippen LogP contribution in [0.1, 0.15) is 46.5 Å². The van der Waals surface area contributed by atoms with Gasteiger partial charge in [-0.25, -0.2) is 0 Å². The second kappa shape index (κ2) is 7.10. The van der Waals surface area contributed by atoms with Crippen LogP contribution in [0.25, 0.3) is 0 Å². The molecule has 18 heavy (non-hydrogen) atoms. The van der Waals surface area contributed by atoms with Crippen LogP contribution in [0.5, 0.6) is 0 Å². The first-order valence-electron chi connectivity index (χ1n) is 7.07. The van der Waals surface area contributed by atoms with Crippen molar-refractivity contribution >= 4 is 5.91 Å². The molecule has 0 aromatic carbocycles. The van der Waals surface area contributed by atoms with Crippen molar-refractivity contribution in [2.45, 2.75) is 52.6 Å². The van der Waals surface area contributed by atoms with Crippen LogP contribution in [0.4, 0.5) is 0 Å². The molecule has 1 heterocycles. The number of nitrogens with zero attached hydrogens (tertiary/aromatic N) is 1. The van der Waals surface area contributed by atoms with E-state index in [0.29, 0.717) is 0 Å². The minimum absolute atomic E-state index is 0.0361. The smallest absolute Gasteiger partial charge is 0.248 e. The van der Waals surface area contributed by atoms with Gasteiger partial charge >= 0.3 is 0 Å². The Morgan fingerprint density at radius 1 is 1.39 bits per heavy atom. The van der Waals surface area contributed by atoms with E-state index in [4.69, 9.17) is 4.74 Å². The molecule has 0 radical (unpaired) electrons. The number of carbonyl (C=O) groups is 1. The first-order chi connectivity index (χ1) is 8.56. The first kappa shape index (κ1) is 15.4. The Kier molecular flexibility index (Phi) is 6.09. The van der Waals surface area contributed by atoms with Crippen molar-refractivity contribution in [2.24, 2.45) is 5.41 Å². The molecule has 1 N–H and O–H groups in total. The van der Waals surface area contributed by atoms with E-state index in [1.54, 1.807) is 0 Å². The number of piperidine rings is 1. The monoisotopic (exact) mass is 257 g/mol. The van der Waals surface area contributed by atoms with Gasteiger partial charge in [-0.2, -0.15) is 0 Å². The van der Waals surface area contributed by atoms with Gasteiger partial charge in [-0.05, 0) is 38.0 Å². The molecule has 0 saturated carbocycles. The molecular weight excluding hydrogens is 230 g/mol. The molecule has 1 unspecified atom stereocenters. The zero-order chi connectivity index (χ0) is 13.6. The lowest BCUT2D eigenvalue weighted by Gasteiger charge is -2.40. The number of hydrogen-bond acceptors (Lipinski definition) is 3. The quantitative estimate of drug-likeness (QED) is 0.789. The largest absolute Gasteiger partial charge is 0.396 e. The molecule has 1 rings (SSSR count). The summed E-state index contributed by atoms with van der Waals surface area (Å²) in [6.45, 7) is 8.06. The Hall–Kier alpha value is -0.610. The van der Waals surface area contributed by atoms with Crippen LogP contribution in [0.15, 0.2) is 0 Å². The maximum atomic E-state index is 11.9. The van der Waals surface area contributed by atoms with E-state index in [0.717, 1.165) is 38.8 Å². The number of aliphatic hydroxyl groups excluding tert-OH is 1. The van der Waals surface area contributed by atoms with Crippen LogP contribution in [0.3, 0.4) is 0 Å². The Balaban J connectivity index is 2.36. The van der Waals surface area contributed by atoms with Crippen LogP contribution in [0.2, 0.25) is 0 Å². The third-order valence-electron chi connectivity index (χ3n) is 4.33. The summed E-state index contributed by atoms with van der Waals surface area (Å²) >= 11 is 0. The van der Waals surface area contributed by atoms with E-state index in [1.807, 2.05) is 18.7 Å². The summed E-state index contributed by atoms with van der Waals surface area (Å²) in [6, 6.07) is 0. The predicted molar refractivity (Wildman–Crippen MR) is 71.3 cm³/mol. The predicted octanol–water partition coefficient (Wildman–Crippen LogP) is 1.81. The minimum atomic E-state index is 0.0361. The van der Waals surface area contributed by atoms with Gasteiger partial charge in [0.25, 0.3) is 0 Å². The third-order valence-corrected chi connectivity index (χ3v) is 4.33. The van der Waals surface area contributed by atoms with Gasteiger partial charge in [-0.15, -0.1) is 0 Å². The topological polar surface area (TPSA) is 49.8 Å². The number of rotatable bonds is 6. The molecule has 0 aromatic rings. The maximum absolute atomic E-state index is 11.9. The summed E-state index contributed by atoms with van der Waals surface area (Å²) in [4.78, 5) is 13.8. The maximum Gasteiger partial charge on any atom is 0.248 e. The van der Waals surface area contributed by atoms with E-state index in [9.17, 15) is 9.90 Å². The van der Waals surface area contributed by atoms with Gasteiger partial charge < -0.3 is 14.7 Å². The molecule has 1 atom stereocenters. The zero-order valence-corrected chi connectivity index (χ0v) is 11.9. The van der Waals surface area contributed by atoms with Gasteiger partial charge in [0.1, 0.15) is 6.61 Å². The fourth-order valence-corrected chi connectivity index (χ4v) is 2.28. The lowest BCUT2D eigenvalue weighted by molar-refractivity contribution is -0.140. The molecule has 0 bridgehead atoms. The fraction of sp³-hybridized carbons (Fsp3) is 0.929. The zero-order valence-electron chi connectivity index (χ0n) is 11.9. The Morgan fingerprint density at radius 3 is 2.44 bits per heavy atom. The number of amides is 1. The molecular formula is C14H27NO3. The van der Waals surface area contributed by atoms with Crippen molar-refractivity contribution in [3.05, 3.63) is 0 Å². The first-order valence-corrected chi connectivity index (χ1v) is 7.07. The third kappa shape index (κ3) is 3.95. The van der Waals surface area contributed by atoms with Crippen LogP contribution in [0, 0.1) is 5.41 Å². The summed E-state index contributed by atoms with van der Waals surface area (Å²) in [7, 11) is 0.